The molecule has 0 aliphatic heterocycles. The molecule has 0 saturated carbocycles. The molecule has 0 aromatic rings. The predicted octanol–water partition coefficient (Wildman–Crippen LogP) is -0.0109. The summed E-state index contributed by atoms with van der Waals surface area (Å²) in [6.07, 6.45) is 5.09. The van der Waals surface area contributed by atoms with Crippen LogP contribution in [0.25, 0.3) is 0 Å². The fourth-order valence-corrected chi connectivity index (χ4v) is 0.815. The van der Waals surface area contributed by atoms with E-state index in [1.807, 2.05) is 0 Å². The van der Waals surface area contributed by atoms with Gasteiger partial charge in [-0.2, -0.15) is 0 Å². The Bertz CT molecular complexity index is 201. The molecule has 66 valence electrons. The van der Waals surface area contributed by atoms with Crippen LogP contribution in [0.15, 0.2) is 0 Å². The number of carbonyl (C=O) groups excluding carboxylic acids is 1. The monoisotopic (exact) mass is 169 g/mol. The number of nitrogens with one attached hydrogen (secondary N) is 1. The van der Waals surface area contributed by atoms with Crippen LogP contribution in [0, 0.1) is 12.3 Å². The van der Waals surface area contributed by atoms with E-state index in [-0.39, 0.29) is 18.7 Å². The second kappa shape index (κ2) is 5.19. The van der Waals surface area contributed by atoms with E-state index in [0.717, 1.165) is 0 Å². The highest BCUT2D eigenvalue weighted by Crippen LogP contribution is 1.96. The summed E-state index contributed by atoms with van der Waals surface area (Å²) in [5.41, 5.74) is 0. The molecule has 0 heterocycles. The van der Waals surface area contributed by atoms with Gasteiger partial charge in [0.1, 0.15) is 0 Å². The number of carbonyl (C=O) groups is 2. The van der Waals surface area contributed by atoms with Crippen molar-refractivity contribution in [3.05, 3.63) is 0 Å². The lowest BCUT2D eigenvalue weighted by molar-refractivity contribution is -0.137. The summed E-state index contributed by atoms with van der Waals surface area (Å²) in [6, 6.07) is -0.454. The van der Waals surface area contributed by atoms with E-state index >= 15 is 0 Å². The second-order valence-corrected chi connectivity index (χ2v) is 2.40. The summed E-state index contributed by atoms with van der Waals surface area (Å²) in [5, 5.41) is 10.9. The van der Waals surface area contributed by atoms with E-state index in [1.165, 1.54) is 6.92 Å². The van der Waals surface area contributed by atoms with E-state index in [2.05, 4.69) is 11.2 Å². The lowest BCUT2D eigenvalue weighted by Gasteiger charge is -2.11. The molecule has 0 rings (SSSR count). The molecular weight excluding hydrogens is 158 g/mol. The van der Waals surface area contributed by atoms with Crippen molar-refractivity contribution in [1.29, 1.82) is 0 Å². The molecule has 12 heavy (non-hydrogen) atoms. The minimum Gasteiger partial charge on any atom is -0.481 e. The maximum atomic E-state index is 10.5. The van der Waals surface area contributed by atoms with Crippen molar-refractivity contribution in [1.82, 2.24) is 5.32 Å². The van der Waals surface area contributed by atoms with Crippen LogP contribution >= 0.6 is 0 Å². The van der Waals surface area contributed by atoms with Crippen molar-refractivity contribution in [2.45, 2.75) is 25.8 Å². The van der Waals surface area contributed by atoms with Crippen LogP contribution in [0.4, 0.5) is 0 Å². The van der Waals surface area contributed by atoms with Gasteiger partial charge in [-0.05, 0) is 0 Å². The molecule has 0 fully saturated rings. The van der Waals surface area contributed by atoms with Gasteiger partial charge in [-0.1, -0.05) is 0 Å². The highest BCUT2D eigenvalue weighted by atomic mass is 16.4. The van der Waals surface area contributed by atoms with Gasteiger partial charge in [-0.25, -0.2) is 0 Å². The van der Waals surface area contributed by atoms with Gasteiger partial charge in [-0.15, -0.1) is 12.3 Å². The van der Waals surface area contributed by atoms with Crippen molar-refractivity contribution >= 4 is 11.9 Å². The van der Waals surface area contributed by atoms with Gasteiger partial charge in [0.2, 0.25) is 5.91 Å². The zero-order chi connectivity index (χ0) is 9.56. The van der Waals surface area contributed by atoms with E-state index in [0.29, 0.717) is 0 Å². The summed E-state index contributed by atoms with van der Waals surface area (Å²) < 4.78 is 0. The van der Waals surface area contributed by atoms with Gasteiger partial charge in [0.05, 0.1) is 12.5 Å². The van der Waals surface area contributed by atoms with Crippen LogP contribution in [0.2, 0.25) is 0 Å². The summed E-state index contributed by atoms with van der Waals surface area (Å²) in [6.45, 7) is 1.32. The van der Waals surface area contributed by atoms with Crippen molar-refractivity contribution in [2.24, 2.45) is 0 Å². The number of carboxylic acid groups (broad SMARTS) is 1. The van der Waals surface area contributed by atoms with Gasteiger partial charge < -0.3 is 10.4 Å². The van der Waals surface area contributed by atoms with Crippen LogP contribution in [-0.4, -0.2) is 23.0 Å². The highest BCUT2D eigenvalue weighted by Gasteiger charge is 2.12. The maximum absolute atomic E-state index is 10.5. The number of rotatable bonds is 4. The molecule has 0 saturated heterocycles. The van der Waals surface area contributed by atoms with E-state index in [1.54, 1.807) is 0 Å². The third kappa shape index (κ3) is 5.30. The number of aliphatic carboxylic acids is 1. The van der Waals surface area contributed by atoms with Gasteiger partial charge in [0, 0.05) is 13.3 Å². The molecule has 0 bridgehead atoms. The Labute approximate surface area is 71.0 Å². The largest absolute Gasteiger partial charge is 0.481 e. The number of terminal acetylenes is 1. The number of amides is 1. The molecule has 1 amide bonds. The first-order valence-corrected chi connectivity index (χ1v) is 3.48. The third-order valence-electron chi connectivity index (χ3n) is 1.19. The number of hydrogen-bond donors (Lipinski definition) is 2. The molecule has 0 aliphatic carbocycles. The zero-order valence-electron chi connectivity index (χ0n) is 6.83. The molecule has 0 aromatic heterocycles. The molecular formula is C8H11NO3. The Morgan fingerprint density at radius 2 is 2.25 bits per heavy atom. The summed E-state index contributed by atoms with van der Waals surface area (Å²) >= 11 is 0. The van der Waals surface area contributed by atoms with Gasteiger partial charge in [-0.3, -0.25) is 9.59 Å². The number of carboxylic acids is 1. The summed E-state index contributed by atoms with van der Waals surface area (Å²) in [7, 11) is 0. The molecule has 0 aliphatic rings. The summed E-state index contributed by atoms with van der Waals surface area (Å²) in [4.78, 5) is 20.8. The van der Waals surface area contributed by atoms with Crippen LogP contribution in [0.1, 0.15) is 19.8 Å². The molecule has 0 spiro atoms. The predicted molar refractivity (Wildman–Crippen MR) is 43.3 cm³/mol. The van der Waals surface area contributed by atoms with Crippen LogP contribution < -0.4 is 5.32 Å². The van der Waals surface area contributed by atoms with Gasteiger partial charge in [0.15, 0.2) is 0 Å². The van der Waals surface area contributed by atoms with Crippen molar-refractivity contribution in [3.63, 3.8) is 0 Å². The lowest BCUT2D eigenvalue weighted by atomic mass is 10.1. The van der Waals surface area contributed by atoms with Gasteiger partial charge >= 0.3 is 5.97 Å². The molecule has 2 N–H and O–H groups in total. The quantitative estimate of drug-likeness (QED) is 0.581. The average molecular weight is 169 g/mol. The Hall–Kier alpha value is -1.50. The van der Waals surface area contributed by atoms with Crippen molar-refractivity contribution in [2.75, 3.05) is 0 Å². The molecule has 4 nitrogen and oxygen atoms in total. The Morgan fingerprint density at radius 3 is 2.58 bits per heavy atom. The van der Waals surface area contributed by atoms with E-state index in [4.69, 9.17) is 11.5 Å². The fourth-order valence-electron chi connectivity index (χ4n) is 0.815. The van der Waals surface area contributed by atoms with E-state index < -0.39 is 12.0 Å². The molecule has 1 atom stereocenters. The Morgan fingerprint density at radius 1 is 1.67 bits per heavy atom. The maximum Gasteiger partial charge on any atom is 0.305 e. The summed E-state index contributed by atoms with van der Waals surface area (Å²) in [5.74, 6) is 1.06. The van der Waals surface area contributed by atoms with Crippen LogP contribution in [0.3, 0.4) is 0 Å². The molecule has 0 radical (unpaired) electrons. The van der Waals surface area contributed by atoms with Crippen LogP contribution in [0.5, 0.6) is 0 Å². The second-order valence-electron chi connectivity index (χ2n) is 2.40. The topological polar surface area (TPSA) is 66.4 Å². The Balaban J connectivity index is 3.96. The molecule has 4 heteroatoms. The first kappa shape index (κ1) is 10.5. The third-order valence-corrected chi connectivity index (χ3v) is 1.19. The smallest absolute Gasteiger partial charge is 0.305 e. The molecule has 0 aromatic carbocycles. The minimum absolute atomic E-state index is 0.135. The SMILES string of the molecule is C#CCC(CC(=O)O)NC(C)=O. The average Bonchev–Trinajstić information content (AvgIpc) is 1.84. The lowest BCUT2D eigenvalue weighted by Crippen LogP contribution is -2.34. The first-order chi connectivity index (χ1) is 5.56. The van der Waals surface area contributed by atoms with Crippen molar-refractivity contribution < 1.29 is 14.7 Å². The fraction of sp³-hybridized carbons (Fsp3) is 0.500. The zero-order valence-corrected chi connectivity index (χ0v) is 6.83. The van der Waals surface area contributed by atoms with Crippen LogP contribution in [-0.2, 0) is 9.59 Å². The van der Waals surface area contributed by atoms with E-state index in [9.17, 15) is 9.59 Å². The minimum atomic E-state index is -0.969. The Kier molecular flexibility index (Phi) is 4.54. The molecule has 1 unspecified atom stereocenters. The van der Waals surface area contributed by atoms with Gasteiger partial charge in [0.25, 0.3) is 0 Å². The first-order valence-electron chi connectivity index (χ1n) is 3.48. The normalized spacial score (nSPS) is 11.3. The van der Waals surface area contributed by atoms with Crippen molar-refractivity contribution in [3.8, 4) is 12.3 Å². The standard InChI is InChI=1S/C8H11NO3/c1-3-4-7(5-8(11)12)9-6(2)10/h1,7H,4-5H2,2H3,(H,9,10)(H,11,12). The highest BCUT2D eigenvalue weighted by molar-refractivity contribution is 5.74. The number of hydrogen-bond acceptors (Lipinski definition) is 2.